The first-order valence-electron chi connectivity index (χ1n) is 21.3. The van der Waals surface area contributed by atoms with Crippen LogP contribution in [0.4, 0.5) is 0 Å². The molecule has 3 nitrogen and oxygen atoms in total. The third kappa shape index (κ3) is 6.51. The third-order valence-electron chi connectivity index (χ3n) is 15.5. The summed E-state index contributed by atoms with van der Waals surface area (Å²) in [5.74, 6) is 7.79. The average Bonchev–Trinajstić information content (AvgIpc) is 3.83. The van der Waals surface area contributed by atoms with Gasteiger partial charge in [-0.1, -0.05) is 42.9 Å². The Kier molecular flexibility index (Phi) is 9.53. The summed E-state index contributed by atoms with van der Waals surface area (Å²) >= 11 is 0. The van der Waals surface area contributed by atoms with E-state index in [2.05, 4.69) is 54.9 Å². The molecule has 1 saturated heterocycles. The highest BCUT2D eigenvalue weighted by Gasteiger charge is 2.47. The summed E-state index contributed by atoms with van der Waals surface area (Å²) in [6, 6.07) is 0.595. The van der Waals surface area contributed by atoms with Gasteiger partial charge in [-0.25, -0.2) is 0 Å². The molecular weight excluding hydrogens is 599 g/mol. The van der Waals surface area contributed by atoms with E-state index in [0.717, 1.165) is 47.8 Å². The van der Waals surface area contributed by atoms with Crippen LogP contribution in [0, 0.1) is 47.3 Å². The topological polar surface area (TPSA) is 21.7 Å². The molecule has 49 heavy (non-hydrogen) atoms. The number of fused-ring (bicyclic) bond motifs is 4. The largest absolute Gasteiger partial charge is 0.490 e. The Balaban J connectivity index is 0.928. The lowest BCUT2D eigenvalue weighted by Gasteiger charge is -2.44. The van der Waals surface area contributed by atoms with Gasteiger partial charge in [0.1, 0.15) is 11.9 Å². The second-order valence-corrected chi connectivity index (χ2v) is 18.3. The molecule has 7 aliphatic carbocycles. The maximum Gasteiger partial charge on any atom is 0.121 e. The van der Waals surface area contributed by atoms with Crippen molar-refractivity contribution in [2.45, 2.75) is 166 Å². The quantitative estimate of drug-likeness (QED) is 0.241. The van der Waals surface area contributed by atoms with Gasteiger partial charge in [0.2, 0.25) is 0 Å². The van der Waals surface area contributed by atoms with E-state index in [1.54, 1.807) is 17.0 Å². The Morgan fingerprint density at radius 2 is 1.80 bits per heavy atom. The maximum absolute atomic E-state index is 6.81. The number of hydrogen-bond acceptors (Lipinski definition) is 3. The molecule has 0 bridgehead atoms. The van der Waals surface area contributed by atoms with Crippen molar-refractivity contribution in [2.75, 3.05) is 0 Å². The van der Waals surface area contributed by atoms with E-state index >= 15 is 0 Å². The highest BCUT2D eigenvalue weighted by molar-refractivity contribution is 5.37. The molecule has 0 radical (unpaired) electrons. The first-order valence-corrected chi connectivity index (χ1v) is 21.3. The molecule has 3 saturated carbocycles. The molecule has 0 spiro atoms. The molecule has 12 atom stereocenters. The summed E-state index contributed by atoms with van der Waals surface area (Å²) < 4.78 is 13.6. The highest BCUT2D eigenvalue weighted by atomic mass is 16.5. The van der Waals surface area contributed by atoms with Crippen LogP contribution in [0.25, 0.3) is 0 Å². The van der Waals surface area contributed by atoms with Gasteiger partial charge in [-0.05, 0) is 188 Å². The first-order chi connectivity index (χ1) is 24.1. The minimum absolute atomic E-state index is 0.437. The zero-order valence-electron chi connectivity index (χ0n) is 30.7. The van der Waals surface area contributed by atoms with Crippen molar-refractivity contribution in [2.24, 2.45) is 47.3 Å². The number of hydrogen-bond donors (Lipinski definition) is 0. The monoisotopic (exact) mass is 664 g/mol. The zero-order chi connectivity index (χ0) is 32.9. The minimum atomic E-state index is 0.437. The molecule has 0 amide bonds. The molecule has 0 aromatic heterocycles. The van der Waals surface area contributed by atoms with Crippen LogP contribution in [-0.4, -0.2) is 29.3 Å². The molecule has 2 heterocycles. The van der Waals surface area contributed by atoms with E-state index in [9.17, 15) is 0 Å². The van der Waals surface area contributed by atoms with Crippen LogP contribution in [-0.2, 0) is 9.47 Å². The summed E-state index contributed by atoms with van der Waals surface area (Å²) in [4.78, 5) is 2.90. The fourth-order valence-electron chi connectivity index (χ4n) is 12.9. The molecule has 12 unspecified atom stereocenters. The molecule has 3 heteroatoms. The predicted octanol–water partition coefficient (Wildman–Crippen LogP) is 11.8. The van der Waals surface area contributed by atoms with Crippen LogP contribution in [0.1, 0.15) is 142 Å². The average molecular weight is 664 g/mol. The summed E-state index contributed by atoms with van der Waals surface area (Å²) in [7, 11) is 0. The van der Waals surface area contributed by atoms with Crippen molar-refractivity contribution in [3.05, 3.63) is 71.3 Å². The van der Waals surface area contributed by atoms with E-state index in [-0.39, 0.29) is 0 Å². The fourth-order valence-corrected chi connectivity index (χ4v) is 12.9. The second-order valence-electron chi connectivity index (χ2n) is 18.3. The lowest BCUT2D eigenvalue weighted by molar-refractivity contribution is -0.00693. The Bertz CT molecular complexity index is 1400. The van der Waals surface area contributed by atoms with Crippen molar-refractivity contribution >= 4 is 0 Å². The fraction of sp³-hybridized carbons (Fsp3) is 0.739. The third-order valence-corrected chi connectivity index (χ3v) is 15.5. The molecular formula is C46H65NO2. The van der Waals surface area contributed by atoms with Crippen molar-refractivity contribution < 1.29 is 9.47 Å². The van der Waals surface area contributed by atoms with Gasteiger partial charge in [-0.15, -0.1) is 6.58 Å². The first kappa shape index (κ1) is 32.9. The molecule has 9 rings (SSSR count). The van der Waals surface area contributed by atoms with Gasteiger partial charge < -0.3 is 14.4 Å². The zero-order valence-corrected chi connectivity index (χ0v) is 30.7. The standard InChI is InChI=1S/C46H65NO2/c1-3-4-9-40-28-36-17-24-41(46(36)48-40)33-15-20-38(21-16-33)47(39-22-25-43-42-23-10-30(2)26-44(42)49-45(43)29-39)37-18-13-32(14-19-37)35-12-11-31-7-5-6-8-34(31)27-35/h3,5,7,13,20,29-31,33-37,40-42,44,46H,1,4,6,8-12,14-19,21-28H2,2H3. The summed E-state index contributed by atoms with van der Waals surface area (Å²) in [5.41, 5.74) is 6.69. The molecule has 266 valence electrons. The van der Waals surface area contributed by atoms with Gasteiger partial charge in [0.15, 0.2) is 0 Å². The van der Waals surface area contributed by atoms with Crippen LogP contribution >= 0.6 is 0 Å². The van der Waals surface area contributed by atoms with Gasteiger partial charge in [0.25, 0.3) is 0 Å². The van der Waals surface area contributed by atoms with E-state index < -0.39 is 0 Å². The maximum atomic E-state index is 6.81. The Hall–Kier alpha value is -2.00. The highest BCUT2D eigenvalue weighted by Crippen LogP contribution is 2.52. The second kappa shape index (κ2) is 14.2. The van der Waals surface area contributed by atoms with Crippen LogP contribution in [0.5, 0.6) is 0 Å². The molecule has 0 aromatic rings. The van der Waals surface area contributed by atoms with Crippen LogP contribution in [0.3, 0.4) is 0 Å². The predicted molar refractivity (Wildman–Crippen MR) is 200 cm³/mol. The molecule has 4 fully saturated rings. The van der Waals surface area contributed by atoms with Gasteiger partial charge in [0.05, 0.1) is 12.2 Å². The van der Waals surface area contributed by atoms with Crippen LogP contribution in [0.15, 0.2) is 71.3 Å². The SMILES string of the molecule is C=CCCC1CC2CCC(C3CC=C(N(C4=CC5=C(CC4)C4CCC(C)CC4O5)C4CC=C(C5CCC6C=CCCC6C5)CC4)CC3)C2O1. The molecule has 9 aliphatic rings. The van der Waals surface area contributed by atoms with Crippen LogP contribution in [0.2, 0.25) is 0 Å². The Labute approximate surface area is 298 Å². The van der Waals surface area contributed by atoms with E-state index in [4.69, 9.17) is 9.47 Å². The smallest absolute Gasteiger partial charge is 0.121 e. The van der Waals surface area contributed by atoms with Gasteiger partial charge in [0, 0.05) is 23.4 Å². The number of nitrogens with zero attached hydrogens (tertiary/aromatic N) is 1. The minimum Gasteiger partial charge on any atom is -0.490 e. The van der Waals surface area contributed by atoms with Crippen molar-refractivity contribution in [1.82, 2.24) is 4.90 Å². The van der Waals surface area contributed by atoms with Gasteiger partial charge >= 0.3 is 0 Å². The molecule has 0 N–H and O–H groups in total. The summed E-state index contributed by atoms with van der Waals surface area (Å²) in [5, 5.41) is 0. The number of ether oxygens (including phenoxy) is 2. The Morgan fingerprint density at radius 3 is 2.65 bits per heavy atom. The van der Waals surface area contributed by atoms with Gasteiger partial charge in [-0.2, -0.15) is 0 Å². The van der Waals surface area contributed by atoms with Crippen LogP contribution < -0.4 is 0 Å². The molecule has 0 aromatic carbocycles. The summed E-state index contributed by atoms with van der Waals surface area (Å²) in [6.07, 6.45) is 43.9. The van der Waals surface area contributed by atoms with E-state index in [0.29, 0.717) is 30.3 Å². The summed E-state index contributed by atoms with van der Waals surface area (Å²) in [6.45, 7) is 6.39. The molecule has 2 aliphatic heterocycles. The van der Waals surface area contributed by atoms with Crippen molar-refractivity contribution in [3.63, 3.8) is 0 Å². The normalized spacial score (nSPS) is 43.0. The van der Waals surface area contributed by atoms with Gasteiger partial charge in [-0.3, -0.25) is 0 Å². The van der Waals surface area contributed by atoms with E-state index in [1.807, 2.05) is 5.57 Å². The van der Waals surface area contributed by atoms with Crippen molar-refractivity contribution in [3.8, 4) is 0 Å². The van der Waals surface area contributed by atoms with Crippen molar-refractivity contribution in [1.29, 1.82) is 0 Å². The lowest BCUT2D eigenvalue weighted by Crippen LogP contribution is -2.38. The lowest BCUT2D eigenvalue weighted by atomic mass is 9.67. The Morgan fingerprint density at radius 1 is 0.837 bits per heavy atom. The number of allylic oxidation sites excluding steroid dienone is 8. The number of rotatable bonds is 8. The van der Waals surface area contributed by atoms with E-state index in [1.165, 1.54) is 134 Å².